The third-order valence-corrected chi connectivity index (χ3v) is 6.41. The van der Waals surface area contributed by atoms with Crippen molar-refractivity contribution in [1.82, 2.24) is 9.80 Å². The Morgan fingerprint density at radius 2 is 1.59 bits per heavy atom. The highest BCUT2D eigenvalue weighted by atomic mass is 32.2. The van der Waals surface area contributed by atoms with Crippen LogP contribution in [0, 0.1) is 6.92 Å². The summed E-state index contributed by atoms with van der Waals surface area (Å²) in [4.78, 5) is 39.6. The van der Waals surface area contributed by atoms with E-state index < -0.39 is 28.2 Å². The minimum Gasteiger partial charge on any atom is -0.467 e. The molecule has 10 nitrogen and oxygen atoms in total. The van der Waals surface area contributed by atoms with Gasteiger partial charge >= 0.3 is 5.97 Å². The van der Waals surface area contributed by atoms with Gasteiger partial charge < -0.3 is 20.3 Å². The Bertz CT molecular complexity index is 931. The summed E-state index contributed by atoms with van der Waals surface area (Å²) in [5, 5.41) is 0. The van der Waals surface area contributed by atoms with E-state index in [1.807, 2.05) is 6.92 Å². The molecular formula is C21H31N3O7S. The first-order valence-corrected chi connectivity index (χ1v) is 11.9. The lowest BCUT2D eigenvalue weighted by Gasteiger charge is -2.31. The predicted molar refractivity (Wildman–Crippen MR) is 116 cm³/mol. The van der Waals surface area contributed by atoms with Crippen LogP contribution in [0.5, 0.6) is 0 Å². The highest BCUT2D eigenvalue weighted by molar-refractivity contribution is 7.85. The summed E-state index contributed by atoms with van der Waals surface area (Å²) >= 11 is 0. The van der Waals surface area contributed by atoms with Crippen molar-refractivity contribution in [2.45, 2.75) is 62.6 Å². The van der Waals surface area contributed by atoms with Gasteiger partial charge in [-0.1, -0.05) is 17.7 Å². The van der Waals surface area contributed by atoms with Gasteiger partial charge in [0.1, 0.15) is 12.1 Å². The number of rotatable bonds is 4. The lowest BCUT2D eigenvalue weighted by molar-refractivity contribution is -0.153. The second kappa shape index (κ2) is 10.9. The molecule has 2 fully saturated rings. The molecule has 3 N–H and O–H groups in total. The fourth-order valence-electron chi connectivity index (χ4n) is 3.86. The largest absolute Gasteiger partial charge is 0.467 e. The number of carbonyl (C=O) groups is 3. The van der Waals surface area contributed by atoms with Crippen molar-refractivity contribution in [2.24, 2.45) is 5.73 Å². The number of nitrogens with zero attached hydrogens (tertiary/aromatic N) is 2. The minimum atomic E-state index is -4.02. The number of benzene rings is 1. The molecule has 32 heavy (non-hydrogen) atoms. The third kappa shape index (κ3) is 6.27. The van der Waals surface area contributed by atoms with Gasteiger partial charge in [-0.25, -0.2) is 4.79 Å². The van der Waals surface area contributed by atoms with Gasteiger partial charge in [-0.3, -0.25) is 14.1 Å². The molecule has 0 spiro atoms. The fraction of sp³-hybridized carbons (Fsp3) is 0.571. The van der Waals surface area contributed by atoms with Crippen molar-refractivity contribution >= 4 is 27.9 Å². The number of esters is 1. The van der Waals surface area contributed by atoms with E-state index in [2.05, 4.69) is 0 Å². The quantitative estimate of drug-likeness (QED) is 0.484. The number of ether oxygens (including phenoxy) is 1. The first-order valence-electron chi connectivity index (χ1n) is 10.5. The van der Waals surface area contributed by atoms with Gasteiger partial charge in [0.05, 0.1) is 18.0 Å². The zero-order chi connectivity index (χ0) is 24.1. The molecule has 2 amide bonds. The molecule has 0 unspecified atom stereocenters. The van der Waals surface area contributed by atoms with Crippen LogP contribution in [0.1, 0.15) is 38.2 Å². The summed E-state index contributed by atoms with van der Waals surface area (Å²) in [5.41, 5.74) is 6.59. The number of hydrogen-bond acceptors (Lipinski definition) is 7. The summed E-state index contributed by atoms with van der Waals surface area (Å²) in [6.45, 7) is 4.55. The summed E-state index contributed by atoms with van der Waals surface area (Å²) in [7, 11) is -2.70. The van der Waals surface area contributed by atoms with E-state index in [9.17, 15) is 22.8 Å². The van der Waals surface area contributed by atoms with Crippen molar-refractivity contribution < 1.29 is 32.1 Å². The lowest BCUT2D eigenvalue weighted by atomic mass is 10.1. The van der Waals surface area contributed by atoms with E-state index in [-0.39, 0.29) is 22.7 Å². The number of amides is 2. The maximum absolute atomic E-state index is 12.7. The van der Waals surface area contributed by atoms with E-state index in [4.69, 9.17) is 15.0 Å². The molecule has 3 rings (SSSR count). The van der Waals surface area contributed by atoms with Crippen LogP contribution in [0.2, 0.25) is 0 Å². The lowest BCUT2D eigenvalue weighted by Crippen LogP contribution is -2.53. The number of hydrogen-bond donors (Lipinski definition) is 2. The normalized spacial score (nSPS) is 21.5. The zero-order valence-corrected chi connectivity index (χ0v) is 19.4. The molecule has 0 radical (unpaired) electrons. The monoisotopic (exact) mass is 469 g/mol. The molecule has 1 aromatic carbocycles. The molecule has 2 heterocycles. The van der Waals surface area contributed by atoms with Crippen molar-refractivity contribution in [3.05, 3.63) is 29.8 Å². The van der Waals surface area contributed by atoms with Gasteiger partial charge in [-0.15, -0.1) is 0 Å². The summed E-state index contributed by atoms with van der Waals surface area (Å²) < 4.78 is 34.3. The highest BCUT2D eigenvalue weighted by Gasteiger charge is 2.42. The molecule has 0 aliphatic carbocycles. The number of carbonyl (C=O) groups excluding carboxylic acids is 3. The van der Waals surface area contributed by atoms with Crippen LogP contribution in [0.3, 0.4) is 0 Å². The molecule has 2 aliphatic heterocycles. The second-order valence-corrected chi connectivity index (χ2v) is 9.40. The average Bonchev–Trinajstić information content (AvgIpc) is 3.42. The Morgan fingerprint density at radius 3 is 2.09 bits per heavy atom. The standard InChI is InChI=1S/C14H23N3O4.C7H8O3S/c1-9(15)12(18)16-7-3-5-10(16)13(19)17-8-4-6-11(17)14(20)21-2;1-6-2-4-7(5-3-6)11(8,9)10/h9-11H,3-8,15H2,1-2H3;2-5H,1H3,(H,8,9,10)/t9-,10-,11-;/m0./s1. The topological polar surface area (TPSA) is 147 Å². The molecule has 2 saturated heterocycles. The molecule has 0 saturated carbocycles. The van der Waals surface area contributed by atoms with Crippen molar-refractivity contribution in [3.63, 3.8) is 0 Å². The van der Waals surface area contributed by atoms with Gasteiger partial charge in [-0.05, 0) is 51.7 Å². The SMILES string of the molecule is COC(=O)[C@@H]1CCCN1C(=O)[C@@H]1CCCN1C(=O)[C@H](C)N.Cc1ccc(S(=O)(=O)O)cc1. The number of nitrogens with two attached hydrogens (primary N) is 1. The third-order valence-electron chi connectivity index (χ3n) is 5.54. The smallest absolute Gasteiger partial charge is 0.328 e. The number of likely N-dealkylation sites (tertiary alicyclic amines) is 2. The highest BCUT2D eigenvalue weighted by Crippen LogP contribution is 2.25. The molecule has 1 aromatic rings. The van der Waals surface area contributed by atoms with Crippen molar-refractivity contribution in [2.75, 3.05) is 20.2 Å². The van der Waals surface area contributed by atoms with Gasteiger partial charge in [-0.2, -0.15) is 8.42 Å². The van der Waals surface area contributed by atoms with Gasteiger partial charge in [0.25, 0.3) is 10.1 Å². The van der Waals surface area contributed by atoms with Crippen LogP contribution < -0.4 is 5.73 Å². The van der Waals surface area contributed by atoms with Crippen molar-refractivity contribution in [3.8, 4) is 0 Å². The first-order chi connectivity index (χ1) is 15.0. The molecule has 0 bridgehead atoms. The molecule has 2 aliphatic rings. The first kappa shape index (κ1) is 25.8. The maximum atomic E-state index is 12.7. The Hall–Kier alpha value is -2.50. The number of methoxy groups -OCH3 is 1. The van der Waals surface area contributed by atoms with Crippen LogP contribution in [0.25, 0.3) is 0 Å². The van der Waals surface area contributed by atoms with Crippen LogP contribution in [0.15, 0.2) is 29.2 Å². The van der Waals surface area contributed by atoms with Gasteiger partial charge in [0.15, 0.2) is 0 Å². The Kier molecular flexibility index (Phi) is 8.76. The second-order valence-electron chi connectivity index (χ2n) is 7.98. The van der Waals surface area contributed by atoms with E-state index in [0.29, 0.717) is 25.9 Å². The molecular weight excluding hydrogens is 438 g/mol. The molecule has 11 heteroatoms. The molecule has 178 valence electrons. The van der Waals surface area contributed by atoms with Gasteiger partial charge in [0.2, 0.25) is 11.8 Å². The van der Waals surface area contributed by atoms with E-state index in [0.717, 1.165) is 18.4 Å². The Balaban J connectivity index is 0.000000278. The van der Waals surface area contributed by atoms with Crippen molar-refractivity contribution in [1.29, 1.82) is 0 Å². The fourth-order valence-corrected chi connectivity index (χ4v) is 4.34. The van der Waals surface area contributed by atoms with E-state index in [1.165, 1.54) is 19.2 Å². The summed E-state index contributed by atoms with van der Waals surface area (Å²) in [6, 6.07) is 4.36. The minimum absolute atomic E-state index is 0.0666. The Morgan fingerprint density at radius 1 is 1.06 bits per heavy atom. The summed E-state index contributed by atoms with van der Waals surface area (Å²) in [5.74, 6) is -0.752. The van der Waals surface area contributed by atoms with E-state index in [1.54, 1.807) is 28.9 Å². The van der Waals surface area contributed by atoms with Crippen LogP contribution in [-0.2, 0) is 29.2 Å². The Labute approximate surface area is 188 Å². The van der Waals surface area contributed by atoms with Crippen LogP contribution in [-0.4, -0.2) is 78.9 Å². The predicted octanol–water partition coefficient (Wildman–Crippen LogP) is 0.730. The van der Waals surface area contributed by atoms with E-state index >= 15 is 0 Å². The average molecular weight is 470 g/mol. The maximum Gasteiger partial charge on any atom is 0.328 e. The summed E-state index contributed by atoms with van der Waals surface area (Å²) in [6.07, 6.45) is 2.80. The molecule has 3 atom stereocenters. The van der Waals surface area contributed by atoms with Crippen LogP contribution in [0.4, 0.5) is 0 Å². The number of aryl methyl sites for hydroxylation is 1. The van der Waals surface area contributed by atoms with Gasteiger partial charge in [0, 0.05) is 13.1 Å². The zero-order valence-electron chi connectivity index (χ0n) is 18.6. The molecule has 0 aromatic heterocycles. The van der Waals surface area contributed by atoms with Crippen LogP contribution >= 0.6 is 0 Å².